The van der Waals surface area contributed by atoms with Crippen LogP contribution < -0.4 is 0 Å². The third kappa shape index (κ3) is 2.58. The lowest BCUT2D eigenvalue weighted by molar-refractivity contribution is 0.610. The molecule has 2 nitrogen and oxygen atoms in total. The van der Waals surface area contributed by atoms with Crippen molar-refractivity contribution in [2.75, 3.05) is 11.5 Å². The second-order valence-corrected chi connectivity index (χ2v) is 6.20. The molecule has 1 heterocycles. The molecule has 2 aromatic rings. The molecular weight excluding hydrogens is 291 g/mol. The van der Waals surface area contributed by atoms with Crippen molar-refractivity contribution in [3.63, 3.8) is 0 Å². The van der Waals surface area contributed by atoms with E-state index >= 15 is 0 Å². The van der Waals surface area contributed by atoms with E-state index in [0.717, 1.165) is 22.5 Å². The average molecular weight is 305 g/mol. The van der Waals surface area contributed by atoms with Crippen LogP contribution >= 0.6 is 35.6 Å². The first-order valence-electron chi connectivity index (χ1n) is 5.71. The van der Waals surface area contributed by atoms with Gasteiger partial charge in [0.05, 0.1) is 16.1 Å². The largest absolute Gasteiger partial charge is 0.331 e. The summed E-state index contributed by atoms with van der Waals surface area (Å²) in [4.78, 5) is 3.07. The molecule has 0 saturated heterocycles. The zero-order valence-electron chi connectivity index (χ0n) is 10.2. The number of aromatic amines is 1. The van der Waals surface area contributed by atoms with Crippen molar-refractivity contribution in [2.24, 2.45) is 0 Å². The number of hydrogen-bond donors (Lipinski definition) is 1. The van der Waals surface area contributed by atoms with Crippen molar-refractivity contribution in [1.29, 1.82) is 0 Å². The van der Waals surface area contributed by atoms with E-state index < -0.39 is 5.82 Å². The highest BCUT2D eigenvalue weighted by atomic mass is 35.5. The van der Waals surface area contributed by atoms with Crippen molar-refractivity contribution >= 4 is 46.6 Å². The van der Waals surface area contributed by atoms with Crippen LogP contribution in [0.1, 0.15) is 19.9 Å². The van der Waals surface area contributed by atoms with Crippen LogP contribution in [0.3, 0.4) is 0 Å². The van der Waals surface area contributed by atoms with Crippen LogP contribution in [-0.2, 0) is 0 Å². The highest BCUT2D eigenvalue weighted by molar-refractivity contribution is 7.99. The fourth-order valence-corrected chi connectivity index (χ4v) is 3.20. The van der Waals surface area contributed by atoms with E-state index in [4.69, 9.17) is 23.8 Å². The molecule has 1 N–H and O–H groups in total. The van der Waals surface area contributed by atoms with Gasteiger partial charge >= 0.3 is 0 Å². The maximum Gasteiger partial charge on any atom is 0.178 e. The number of H-pyrrole nitrogens is 1. The monoisotopic (exact) mass is 304 g/mol. The summed E-state index contributed by atoms with van der Waals surface area (Å²) in [6, 6.07) is 3.24. The molecule has 1 aromatic heterocycles. The molecule has 0 saturated carbocycles. The Morgan fingerprint density at radius 2 is 2.28 bits per heavy atom. The van der Waals surface area contributed by atoms with Gasteiger partial charge in [-0.3, -0.25) is 0 Å². The summed E-state index contributed by atoms with van der Waals surface area (Å²) < 4.78 is 16.1. The molecule has 0 aliphatic carbocycles. The fourth-order valence-electron chi connectivity index (χ4n) is 1.92. The molecular formula is C12H14ClFN2S2. The van der Waals surface area contributed by atoms with Gasteiger partial charge in [-0.25, -0.2) is 4.39 Å². The molecule has 0 fully saturated rings. The molecule has 6 heteroatoms. The number of thioether (sulfide) groups is 1. The number of halogens is 2. The van der Waals surface area contributed by atoms with Crippen LogP contribution in [0.15, 0.2) is 12.1 Å². The van der Waals surface area contributed by atoms with Gasteiger partial charge in [0.25, 0.3) is 0 Å². The Morgan fingerprint density at radius 1 is 1.56 bits per heavy atom. The quantitative estimate of drug-likeness (QED) is 0.819. The Hall–Kier alpha value is -0.520. The topological polar surface area (TPSA) is 20.7 Å². The molecule has 1 atom stereocenters. The van der Waals surface area contributed by atoms with Gasteiger partial charge in [0.1, 0.15) is 5.82 Å². The minimum atomic E-state index is -0.415. The second-order valence-electron chi connectivity index (χ2n) is 4.09. The molecule has 2 rings (SSSR count). The molecule has 1 aromatic carbocycles. The summed E-state index contributed by atoms with van der Waals surface area (Å²) in [5, 5.41) is 0.112. The van der Waals surface area contributed by atoms with Crippen LogP contribution in [0.4, 0.5) is 4.39 Å². The number of nitrogens with zero attached hydrogens (tertiary/aromatic N) is 1. The number of nitrogens with one attached hydrogen (secondary N) is 1. The van der Waals surface area contributed by atoms with Crippen LogP contribution in [0.2, 0.25) is 5.02 Å². The first-order chi connectivity index (χ1) is 8.54. The van der Waals surface area contributed by atoms with E-state index in [2.05, 4.69) is 18.8 Å². The Morgan fingerprint density at radius 3 is 2.94 bits per heavy atom. The Kier molecular flexibility index (Phi) is 4.35. The fraction of sp³-hybridized carbons (Fsp3) is 0.417. The number of rotatable bonds is 4. The smallest absolute Gasteiger partial charge is 0.178 e. The third-order valence-corrected chi connectivity index (χ3v) is 4.48. The molecule has 98 valence electrons. The summed E-state index contributed by atoms with van der Waals surface area (Å²) in [5.41, 5.74) is 1.55. The predicted molar refractivity (Wildman–Crippen MR) is 79.8 cm³/mol. The molecule has 0 spiro atoms. The van der Waals surface area contributed by atoms with E-state index in [1.807, 2.05) is 16.3 Å². The normalized spacial score (nSPS) is 13.1. The second kappa shape index (κ2) is 5.63. The summed E-state index contributed by atoms with van der Waals surface area (Å²) in [7, 11) is 0. The zero-order valence-corrected chi connectivity index (χ0v) is 12.6. The number of aromatic nitrogens is 2. The summed E-state index contributed by atoms with van der Waals surface area (Å²) >= 11 is 12.9. The number of fused-ring (bicyclic) bond motifs is 1. The molecule has 0 amide bonds. The average Bonchev–Trinajstić information content (AvgIpc) is 2.62. The van der Waals surface area contributed by atoms with Crippen molar-refractivity contribution in [3.8, 4) is 0 Å². The molecule has 18 heavy (non-hydrogen) atoms. The maximum atomic E-state index is 13.6. The predicted octanol–water partition coefficient (Wildman–Crippen LogP) is 4.81. The van der Waals surface area contributed by atoms with Gasteiger partial charge in [-0.15, -0.1) is 0 Å². The standard InChI is InChI=1S/C12H14ClFN2S2/c1-3-18-6-7(2)16-11-5-9(14)8(13)4-10(11)15-12(16)17/h4-5,7H,3,6H2,1-2H3,(H,15,17). The first kappa shape index (κ1) is 13.9. The SMILES string of the molecule is CCSCC(C)n1c(=S)[nH]c2cc(Cl)c(F)cc21. The first-order valence-corrected chi connectivity index (χ1v) is 7.65. The number of benzene rings is 1. The maximum absolute atomic E-state index is 13.6. The van der Waals surface area contributed by atoms with Gasteiger partial charge in [0.15, 0.2) is 4.77 Å². The summed E-state index contributed by atoms with van der Waals surface area (Å²) in [5.74, 6) is 1.59. The van der Waals surface area contributed by atoms with Crippen LogP contribution in [0.25, 0.3) is 11.0 Å². The molecule has 0 aliphatic heterocycles. The van der Waals surface area contributed by atoms with E-state index in [1.54, 1.807) is 6.07 Å². The lowest BCUT2D eigenvalue weighted by Gasteiger charge is -2.13. The van der Waals surface area contributed by atoms with Gasteiger partial charge in [0.2, 0.25) is 0 Å². The lowest BCUT2D eigenvalue weighted by atomic mass is 10.3. The highest BCUT2D eigenvalue weighted by Gasteiger charge is 2.13. The van der Waals surface area contributed by atoms with E-state index in [9.17, 15) is 4.39 Å². The minimum absolute atomic E-state index is 0.112. The van der Waals surface area contributed by atoms with E-state index in [0.29, 0.717) is 4.77 Å². The molecule has 0 aliphatic rings. The van der Waals surface area contributed by atoms with E-state index in [1.165, 1.54) is 6.07 Å². The van der Waals surface area contributed by atoms with Crippen LogP contribution in [-0.4, -0.2) is 21.1 Å². The van der Waals surface area contributed by atoms with Gasteiger partial charge in [-0.1, -0.05) is 18.5 Å². The summed E-state index contributed by atoms with van der Waals surface area (Å²) in [6.45, 7) is 4.20. The lowest BCUT2D eigenvalue weighted by Crippen LogP contribution is -2.08. The molecule has 0 bridgehead atoms. The Labute approximate surface area is 120 Å². The number of hydrogen-bond acceptors (Lipinski definition) is 2. The third-order valence-electron chi connectivity index (χ3n) is 2.76. The number of imidazole rings is 1. The Balaban J connectivity index is 2.53. The zero-order chi connectivity index (χ0) is 13.3. The highest BCUT2D eigenvalue weighted by Crippen LogP contribution is 2.26. The van der Waals surface area contributed by atoms with Crippen molar-refractivity contribution in [3.05, 3.63) is 27.7 Å². The van der Waals surface area contributed by atoms with Crippen molar-refractivity contribution in [1.82, 2.24) is 9.55 Å². The van der Waals surface area contributed by atoms with Gasteiger partial charge in [-0.05, 0) is 31.0 Å². The van der Waals surface area contributed by atoms with Crippen LogP contribution in [0, 0.1) is 10.6 Å². The molecule has 0 radical (unpaired) electrons. The molecule has 1 unspecified atom stereocenters. The van der Waals surface area contributed by atoms with E-state index in [-0.39, 0.29) is 11.1 Å². The summed E-state index contributed by atoms with van der Waals surface area (Å²) in [6.07, 6.45) is 0. The van der Waals surface area contributed by atoms with Gasteiger partial charge in [-0.2, -0.15) is 11.8 Å². The van der Waals surface area contributed by atoms with Gasteiger partial charge in [0, 0.05) is 17.9 Å². The van der Waals surface area contributed by atoms with Crippen LogP contribution in [0.5, 0.6) is 0 Å². The Bertz CT molecular complexity index is 620. The minimum Gasteiger partial charge on any atom is -0.331 e. The van der Waals surface area contributed by atoms with Crippen molar-refractivity contribution in [2.45, 2.75) is 19.9 Å². The van der Waals surface area contributed by atoms with Gasteiger partial charge < -0.3 is 9.55 Å². The van der Waals surface area contributed by atoms with Crippen molar-refractivity contribution < 1.29 is 4.39 Å².